The van der Waals surface area contributed by atoms with E-state index in [9.17, 15) is 4.79 Å². The summed E-state index contributed by atoms with van der Waals surface area (Å²) in [5, 5.41) is 2.96. The van der Waals surface area contributed by atoms with Crippen LogP contribution < -0.4 is 5.32 Å². The van der Waals surface area contributed by atoms with Gasteiger partial charge in [-0.2, -0.15) is 0 Å². The van der Waals surface area contributed by atoms with Gasteiger partial charge in [0.05, 0.1) is 24.4 Å². The molecule has 0 unspecified atom stereocenters. The number of nitrogens with one attached hydrogen (secondary N) is 1. The highest BCUT2D eigenvalue weighted by Gasteiger charge is 2.35. The van der Waals surface area contributed by atoms with Crippen molar-refractivity contribution >= 4 is 5.91 Å². The van der Waals surface area contributed by atoms with E-state index in [1.807, 2.05) is 6.92 Å². The van der Waals surface area contributed by atoms with Crippen LogP contribution in [0.5, 0.6) is 0 Å². The highest BCUT2D eigenvalue weighted by molar-refractivity contribution is 5.95. The zero-order valence-electron chi connectivity index (χ0n) is 11.0. The molecule has 2 aromatic rings. The molecule has 1 aliphatic rings. The Hall–Kier alpha value is -2.34. The number of carbonyl (C=O) groups is 1. The Labute approximate surface area is 116 Å². The molecule has 20 heavy (non-hydrogen) atoms. The van der Waals surface area contributed by atoms with Crippen LogP contribution in [-0.2, 0) is 4.74 Å². The van der Waals surface area contributed by atoms with Gasteiger partial charge in [-0.15, -0.1) is 0 Å². The van der Waals surface area contributed by atoms with Gasteiger partial charge in [0.1, 0.15) is 6.33 Å². The standard InChI is InChI=1S/C14H14N4O2/c1-14(7-20-8-14)18-13(19)10-2-3-17-12(4-10)11-5-15-9-16-6-11/h2-6,9H,7-8H2,1H3,(H,18,19). The molecular weight excluding hydrogens is 256 g/mol. The zero-order valence-corrected chi connectivity index (χ0v) is 11.0. The van der Waals surface area contributed by atoms with Crippen LogP contribution in [0.2, 0.25) is 0 Å². The molecule has 6 nitrogen and oxygen atoms in total. The van der Waals surface area contributed by atoms with E-state index in [2.05, 4.69) is 20.3 Å². The lowest BCUT2D eigenvalue weighted by Crippen LogP contribution is -2.59. The Kier molecular flexibility index (Phi) is 3.15. The number of hydrogen-bond acceptors (Lipinski definition) is 5. The minimum Gasteiger partial charge on any atom is -0.376 e. The van der Waals surface area contributed by atoms with Crippen LogP contribution in [-0.4, -0.2) is 39.6 Å². The Morgan fingerprint density at radius 3 is 2.75 bits per heavy atom. The number of aromatic nitrogens is 3. The van der Waals surface area contributed by atoms with Gasteiger partial charge in [-0.25, -0.2) is 9.97 Å². The highest BCUT2D eigenvalue weighted by atomic mass is 16.5. The SMILES string of the molecule is CC1(NC(=O)c2ccnc(-c3cncnc3)c2)COC1. The van der Waals surface area contributed by atoms with Gasteiger partial charge in [-0.05, 0) is 19.1 Å². The summed E-state index contributed by atoms with van der Waals surface area (Å²) in [7, 11) is 0. The first-order chi connectivity index (χ1) is 9.66. The Bertz CT molecular complexity index is 626. The third-order valence-corrected chi connectivity index (χ3v) is 3.14. The fourth-order valence-electron chi connectivity index (χ4n) is 1.99. The van der Waals surface area contributed by atoms with E-state index in [-0.39, 0.29) is 11.4 Å². The molecule has 0 radical (unpaired) electrons. The van der Waals surface area contributed by atoms with Crippen molar-refractivity contribution in [1.29, 1.82) is 0 Å². The van der Waals surface area contributed by atoms with Crippen LogP contribution in [0.15, 0.2) is 37.1 Å². The molecule has 1 amide bonds. The van der Waals surface area contributed by atoms with Gasteiger partial charge in [0.25, 0.3) is 5.91 Å². The molecule has 1 aliphatic heterocycles. The van der Waals surface area contributed by atoms with E-state index in [0.717, 1.165) is 5.56 Å². The predicted molar refractivity (Wildman–Crippen MR) is 72.0 cm³/mol. The first-order valence-corrected chi connectivity index (χ1v) is 6.28. The smallest absolute Gasteiger partial charge is 0.251 e. The number of amides is 1. The van der Waals surface area contributed by atoms with Crippen LogP contribution in [0.4, 0.5) is 0 Å². The van der Waals surface area contributed by atoms with E-state index in [1.54, 1.807) is 30.7 Å². The maximum Gasteiger partial charge on any atom is 0.251 e. The molecule has 0 bridgehead atoms. The van der Waals surface area contributed by atoms with Crippen LogP contribution in [0.25, 0.3) is 11.3 Å². The lowest BCUT2D eigenvalue weighted by atomic mass is 10.00. The summed E-state index contributed by atoms with van der Waals surface area (Å²) in [6.07, 6.45) is 6.39. The zero-order chi connectivity index (χ0) is 14.0. The summed E-state index contributed by atoms with van der Waals surface area (Å²) < 4.78 is 5.12. The summed E-state index contributed by atoms with van der Waals surface area (Å²) in [5.74, 6) is -0.128. The molecule has 0 saturated carbocycles. The maximum atomic E-state index is 12.2. The third-order valence-electron chi connectivity index (χ3n) is 3.14. The molecule has 0 atom stereocenters. The van der Waals surface area contributed by atoms with Gasteiger partial charge < -0.3 is 10.1 Å². The third kappa shape index (κ3) is 2.50. The molecule has 1 N–H and O–H groups in total. The van der Waals surface area contributed by atoms with Gasteiger partial charge in [0.2, 0.25) is 0 Å². The normalized spacial score (nSPS) is 16.2. The maximum absolute atomic E-state index is 12.2. The summed E-state index contributed by atoms with van der Waals surface area (Å²) in [4.78, 5) is 24.3. The van der Waals surface area contributed by atoms with Crippen LogP contribution in [0, 0.1) is 0 Å². The van der Waals surface area contributed by atoms with Gasteiger partial charge in [0, 0.05) is 29.7 Å². The van der Waals surface area contributed by atoms with Crippen molar-refractivity contribution in [2.45, 2.75) is 12.5 Å². The summed E-state index contributed by atoms with van der Waals surface area (Å²) in [6.45, 7) is 3.05. The molecule has 6 heteroatoms. The summed E-state index contributed by atoms with van der Waals surface area (Å²) >= 11 is 0. The van der Waals surface area contributed by atoms with E-state index in [1.165, 1.54) is 6.33 Å². The van der Waals surface area contributed by atoms with Crippen LogP contribution in [0.1, 0.15) is 17.3 Å². The molecule has 1 fully saturated rings. The monoisotopic (exact) mass is 270 g/mol. The van der Waals surface area contributed by atoms with E-state index in [0.29, 0.717) is 24.5 Å². The Morgan fingerprint density at radius 1 is 1.35 bits per heavy atom. The Morgan fingerprint density at radius 2 is 2.10 bits per heavy atom. The lowest BCUT2D eigenvalue weighted by Gasteiger charge is -2.38. The second-order valence-corrected chi connectivity index (χ2v) is 5.06. The van der Waals surface area contributed by atoms with E-state index in [4.69, 9.17) is 4.74 Å². The second-order valence-electron chi connectivity index (χ2n) is 5.06. The van der Waals surface area contributed by atoms with Crippen molar-refractivity contribution in [3.63, 3.8) is 0 Å². The molecule has 2 aromatic heterocycles. The average Bonchev–Trinajstić information content (AvgIpc) is 2.46. The molecule has 3 rings (SSSR count). The molecular formula is C14H14N4O2. The molecule has 1 saturated heterocycles. The van der Waals surface area contributed by atoms with Gasteiger partial charge in [-0.3, -0.25) is 9.78 Å². The van der Waals surface area contributed by atoms with Gasteiger partial charge in [-0.1, -0.05) is 0 Å². The first kappa shape index (κ1) is 12.7. The topological polar surface area (TPSA) is 77.0 Å². The average molecular weight is 270 g/mol. The number of ether oxygens (including phenoxy) is 1. The van der Waals surface area contributed by atoms with Gasteiger partial charge in [0.15, 0.2) is 0 Å². The summed E-state index contributed by atoms with van der Waals surface area (Å²) in [5.41, 5.74) is 1.75. The van der Waals surface area contributed by atoms with Crippen molar-refractivity contribution in [2.24, 2.45) is 0 Å². The predicted octanol–water partition coefficient (Wildman–Crippen LogP) is 1.06. The highest BCUT2D eigenvalue weighted by Crippen LogP contribution is 2.18. The van der Waals surface area contributed by atoms with E-state index < -0.39 is 0 Å². The lowest BCUT2D eigenvalue weighted by molar-refractivity contribution is -0.0593. The fraction of sp³-hybridized carbons (Fsp3) is 0.286. The van der Waals surface area contributed by atoms with Crippen molar-refractivity contribution in [3.05, 3.63) is 42.6 Å². The van der Waals surface area contributed by atoms with Gasteiger partial charge >= 0.3 is 0 Å². The largest absolute Gasteiger partial charge is 0.376 e. The number of pyridine rings is 1. The molecule has 102 valence electrons. The minimum absolute atomic E-state index is 0.128. The van der Waals surface area contributed by atoms with E-state index >= 15 is 0 Å². The molecule has 3 heterocycles. The van der Waals surface area contributed by atoms with Crippen molar-refractivity contribution in [2.75, 3.05) is 13.2 Å². The number of rotatable bonds is 3. The van der Waals surface area contributed by atoms with Crippen molar-refractivity contribution < 1.29 is 9.53 Å². The molecule has 0 aromatic carbocycles. The number of nitrogens with zero attached hydrogens (tertiary/aromatic N) is 3. The molecule has 0 aliphatic carbocycles. The quantitative estimate of drug-likeness (QED) is 0.902. The second kappa shape index (κ2) is 4.97. The Balaban J connectivity index is 1.82. The molecule has 0 spiro atoms. The van der Waals surface area contributed by atoms with Crippen molar-refractivity contribution in [1.82, 2.24) is 20.3 Å². The van der Waals surface area contributed by atoms with Crippen LogP contribution in [0.3, 0.4) is 0 Å². The first-order valence-electron chi connectivity index (χ1n) is 6.28. The number of carbonyl (C=O) groups excluding carboxylic acids is 1. The fourth-order valence-corrected chi connectivity index (χ4v) is 1.99. The number of hydrogen-bond donors (Lipinski definition) is 1. The van der Waals surface area contributed by atoms with Crippen LogP contribution >= 0.6 is 0 Å². The minimum atomic E-state index is -0.267. The summed E-state index contributed by atoms with van der Waals surface area (Å²) in [6, 6.07) is 3.42. The van der Waals surface area contributed by atoms with Crippen molar-refractivity contribution in [3.8, 4) is 11.3 Å².